The Kier molecular flexibility index (Phi) is 7.13. The van der Waals surface area contributed by atoms with E-state index in [1.807, 2.05) is 0 Å². The maximum atomic E-state index is 11.7. The molecule has 2 aromatic rings. The second-order valence-corrected chi connectivity index (χ2v) is 8.71. The summed E-state index contributed by atoms with van der Waals surface area (Å²) in [5.41, 5.74) is 3.83. The molecule has 1 aromatic carbocycles. The summed E-state index contributed by atoms with van der Waals surface area (Å²) in [6.45, 7) is 13.8. The zero-order chi connectivity index (χ0) is 21.8. The van der Waals surface area contributed by atoms with Crippen LogP contribution in [0.5, 0.6) is 5.75 Å². The Morgan fingerprint density at radius 2 is 1.93 bits per heavy atom. The van der Waals surface area contributed by atoms with Crippen molar-refractivity contribution in [2.45, 2.75) is 66.6 Å². The van der Waals surface area contributed by atoms with Gasteiger partial charge in [0, 0.05) is 39.5 Å². The molecule has 1 aliphatic heterocycles. The highest BCUT2D eigenvalue weighted by molar-refractivity contribution is 5.73. The van der Waals surface area contributed by atoms with Crippen LogP contribution in [0.3, 0.4) is 0 Å². The molecule has 0 saturated carbocycles. The van der Waals surface area contributed by atoms with Crippen molar-refractivity contribution in [3.05, 3.63) is 40.5 Å². The van der Waals surface area contributed by atoms with Gasteiger partial charge in [-0.2, -0.15) is 0 Å². The predicted molar refractivity (Wildman–Crippen MR) is 117 cm³/mol. The first-order valence-electron chi connectivity index (χ1n) is 10.8. The number of rotatable bonds is 7. The minimum Gasteiger partial charge on any atom is -0.496 e. The smallest absolute Gasteiger partial charge is 0.217 e. The van der Waals surface area contributed by atoms with E-state index in [2.05, 4.69) is 64.8 Å². The number of hydrogen-bond acceptors (Lipinski definition) is 5. The number of amides is 1. The van der Waals surface area contributed by atoms with Crippen molar-refractivity contribution in [3.63, 3.8) is 0 Å². The molecule has 0 bridgehead atoms. The molecule has 0 fully saturated rings. The molecular formula is C23H35N5O2. The largest absolute Gasteiger partial charge is 0.496 e. The highest BCUT2D eigenvalue weighted by Crippen LogP contribution is 2.26. The summed E-state index contributed by atoms with van der Waals surface area (Å²) in [5, 5.41) is 12.0. The van der Waals surface area contributed by atoms with Crippen molar-refractivity contribution in [1.82, 2.24) is 25.0 Å². The second kappa shape index (κ2) is 9.60. The SMILES string of the molecule is COc1ccc(CN2CCc3nnc(C(CC(C)C)NC(C)=O)n3CC2)c(C)c1C. The quantitative estimate of drug-likeness (QED) is 0.755. The Balaban J connectivity index is 1.75. The first-order valence-corrected chi connectivity index (χ1v) is 10.8. The first-order chi connectivity index (χ1) is 14.3. The Labute approximate surface area is 179 Å². The number of nitrogens with one attached hydrogen (secondary N) is 1. The minimum absolute atomic E-state index is 0.0291. The fourth-order valence-corrected chi connectivity index (χ4v) is 4.24. The average Bonchev–Trinajstić information content (AvgIpc) is 2.99. The molecule has 3 rings (SSSR count). The number of carbonyl (C=O) groups excluding carboxylic acids is 1. The maximum Gasteiger partial charge on any atom is 0.217 e. The molecule has 0 saturated heterocycles. The molecule has 0 aliphatic carbocycles. The maximum absolute atomic E-state index is 11.7. The van der Waals surface area contributed by atoms with Crippen molar-refractivity contribution < 1.29 is 9.53 Å². The van der Waals surface area contributed by atoms with Gasteiger partial charge in [0.1, 0.15) is 11.6 Å². The molecule has 30 heavy (non-hydrogen) atoms. The summed E-state index contributed by atoms with van der Waals surface area (Å²) >= 11 is 0. The third kappa shape index (κ3) is 5.01. The van der Waals surface area contributed by atoms with Crippen LogP contribution in [0.1, 0.15) is 61.6 Å². The summed E-state index contributed by atoms with van der Waals surface area (Å²) in [5.74, 6) is 3.26. The standard InChI is InChI=1S/C23H35N5O2/c1-15(2)13-20(24-18(5)29)23-26-25-22-9-10-27(11-12-28(22)23)14-19-7-8-21(30-6)17(4)16(19)3/h7-8,15,20H,9-14H2,1-6H3,(H,24,29). The van der Waals surface area contributed by atoms with Gasteiger partial charge in [-0.1, -0.05) is 19.9 Å². The van der Waals surface area contributed by atoms with E-state index in [4.69, 9.17) is 4.74 Å². The van der Waals surface area contributed by atoms with Crippen molar-refractivity contribution >= 4 is 5.91 Å². The van der Waals surface area contributed by atoms with Crippen LogP contribution in [-0.2, 0) is 24.3 Å². The van der Waals surface area contributed by atoms with E-state index >= 15 is 0 Å². The van der Waals surface area contributed by atoms with E-state index in [0.29, 0.717) is 5.92 Å². The van der Waals surface area contributed by atoms with Gasteiger partial charge in [0.15, 0.2) is 5.82 Å². The number of ether oxygens (including phenoxy) is 1. The van der Waals surface area contributed by atoms with Gasteiger partial charge in [0.05, 0.1) is 13.2 Å². The van der Waals surface area contributed by atoms with Crippen LogP contribution in [0, 0.1) is 19.8 Å². The van der Waals surface area contributed by atoms with Gasteiger partial charge in [-0.05, 0) is 48.9 Å². The van der Waals surface area contributed by atoms with E-state index in [1.54, 1.807) is 14.0 Å². The van der Waals surface area contributed by atoms with Gasteiger partial charge in [0.2, 0.25) is 5.91 Å². The van der Waals surface area contributed by atoms with Gasteiger partial charge in [-0.15, -0.1) is 10.2 Å². The lowest BCUT2D eigenvalue weighted by Gasteiger charge is -2.23. The normalized spacial score (nSPS) is 15.6. The van der Waals surface area contributed by atoms with Crippen LogP contribution < -0.4 is 10.1 Å². The predicted octanol–water partition coefficient (Wildman–Crippen LogP) is 3.19. The Bertz CT molecular complexity index is 890. The molecule has 2 heterocycles. The molecular weight excluding hydrogens is 378 g/mol. The van der Waals surface area contributed by atoms with Crippen LogP contribution >= 0.6 is 0 Å². The molecule has 7 heteroatoms. The van der Waals surface area contributed by atoms with E-state index in [0.717, 1.165) is 56.4 Å². The van der Waals surface area contributed by atoms with Gasteiger partial charge < -0.3 is 14.6 Å². The van der Waals surface area contributed by atoms with Gasteiger partial charge in [-0.3, -0.25) is 9.69 Å². The van der Waals surface area contributed by atoms with Crippen LogP contribution in [0.15, 0.2) is 12.1 Å². The summed E-state index contributed by atoms with van der Waals surface area (Å²) in [6, 6.07) is 4.14. The van der Waals surface area contributed by atoms with Crippen LogP contribution in [0.2, 0.25) is 0 Å². The summed E-state index contributed by atoms with van der Waals surface area (Å²) in [4.78, 5) is 14.2. The van der Waals surface area contributed by atoms with E-state index in [-0.39, 0.29) is 11.9 Å². The fraction of sp³-hybridized carbons (Fsp3) is 0.609. The van der Waals surface area contributed by atoms with Crippen LogP contribution in [0.25, 0.3) is 0 Å². The number of nitrogens with zero attached hydrogens (tertiary/aromatic N) is 4. The number of benzene rings is 1. The first kappa shape index (κ1) is 22.3. The Morgan fingerprint density at radius 3 is 2.60 bits per heavy atom. The minimum atomic E-state index is -0.0956. The topological polar surface area (TPSA) is 72.3 Å². The molecule has 1 amide bonds. The number of fused-ring (bicyclic) bond motifs is 1. The molecule has 1 N–H and O–H groups in total. The van der Waals surface area contributed by atoms with E-state index in [1.165, 1.54) is 16.7 Å². The Morgan fingerprint density at radius 1 is 1.17 bits per heavy atom. The second-order valence-electron chi connectivity index (χ2n) is 8.71. The number of hydrogen-bond donors (Lipinski definition) is 1. The number of methoxy groups -OCH3 is 1. The molecule has 1 aliphatic rings. The van der Waals surface area contributed by atoms with Crippen molar-refractivity contribution in [2.75, 3.05) is 20.2 Å². The molecule has 1 atom stereocenters. The Hall–Kier alpha value is -2.41. The molecule has 164 valence electrons. The number of aromatic nitrogens is 3. The molecule has 0 radical (unpaired) electrons. The lowest BCUT2D eigenvalue weighted by molar-refractivity contribution is -0.119. The highest BCUT2D eigenvalue weighted by atomic mass is 16.5. The summed E-state index contributed by atoms with van der Waals surface area (Å²) in [7, 11) is 1.72. The van der Waals surface area contributed by atoms with Gasteiger partial charge in [0.25, 0.3) is 0 Å². The monoisotopic (exact) mass is 413 g/mol. The summed E-state index contributed by atoms with van der Waals surface area (Å²) in [6.07, 6.45) is 1.71. The molecule has 0 spiro atoms. The lowest BCUT2D eigenvalue weighted by atomic mass is 10.0. The van der Waals surface area contributed by atoms with E-state index in [9.17, 15) is 4.79 Å². The van der Waals surface area contributed by atoms with Crippen molar-refractivity contribution in [1.29, 1.82) is 0 Å². The highest BCUT2D eigenvalue weighted by Gasteiger charge is 2.25. The summed E-state index contributed by atoms with van der Waals surface area (Å²) < 4.78 is 7.67. The number of carbonyl (C=O) groups is 1. The van der Waals surface area contributed by atoms with Crippen molar-refractivity contribution in [3.8, 4) is 5.75 Å². The van der Waals surface area contributed by atoms with Gasteiger partial charge in [-0.25, -0.2) is 0 Å². The molecule has 1 aromatic heterocycles. The van der Waals surface area contributed by atoms with Crippen LogP contribution in [0.4, 0.5) is 0 Å². The molecule has 1 unspecified atom stereocenters. The van der Waals surface area contributed by atoms with Crippen molar-refractivity contribution in [2.24, 2.45) is 5.92 Å². The fourth-order valence-electron chi connectivity index (χ4n) is 4.24. The van der Waals surface area contributed by atoms with Gasteiger partial charge >= 0.3 is 0 Å². The zero-order valence-corrected chi connectivity index (χ0v) is 19.2. The lowest BCUT2D eigenvalue weighted by Crippen LogP contribution is -2.31. The van der Waals surface area contributed by atoms with E-state index < -0.39 is 0 Å². The van der Waals surface area contributed by atoms with Crippen LogP contribution in [-0.4, -0.2) is 45.8 Å². The third-order valence-corrected chi connectivity index (χ3v) is 6.01. The average molecular weight is 414 g/mol. The third-order valence-electron chi connectivity index (χ3n) is 6.01. The zero-order valence-electron chi connectivity index (χ0n) is 19.2. The molecule has 7 nitrogen and oxygen atoms in total.